The Hall–Kier alpha value is -2.47. The van der Waals surface area contributed by atoms with Crippen molar-refractivity contribution in [3.8, 4) is 0 Å². The van der Waals surface area contributed by atoms with Crippen molar-refractivity contribution in [3.05, 3.63) is 65.8 Å². The Morgan fingerprint density at radius 1 is 1.17 bits per heavy atom. The summed E-state index contributed by atoms with van der Waals surface area (Å²) in [6, 6.07) is 8.53. The van der Waals surface area contributed by atoms with Gasteiger partial charge in [0.15, 0.2) is 0 Å². The summed E-state index contributed by atoms with van der Waals surface area (Å²) in [6.45, 7) is 7.27. The highest BCUT2D eigenvalue weighted by Crippen LogP contribution is 2.22. The van der Waals surface area contributed by atoms with Crippen LogP contribution >= 0.6 is 0 Å². The highest BCUT2D eigenvalue weighted by Gasteiger charge is 2.17. The third-order valence-electron chi connectivity index (χ3n) is 4.33. The molecule has 0 aliphatic rings. The number of pyridine rings is 1. The number of hydrogen-bond donors (Lipinski definition) is 0. The molecule has 0 fully saturated rings. The second-order valence-corrected chi connectivity index (χ2v) is 5.90. The van der Waals surface area contributed by atoms with Crippen LogP contribution in [0.3, 0.4) is 0 Å². The molecule has 6 nitrogen and oxygen atoms in total. The van der Waals surface area contributed by atoms with Crippen LogP contribution in [0.25, 0.3) is 0 Å². The zero-order valence-electron chi connectivity index (χ0n) is 14.0. The van der Waals surface area contributed by atoms with Gasteiger partial charge in [0.1, 0.15) is 12.7 Å². The fourth-order valence-corrected chi connectivity index (χ4v) is 2.89. The van der Waals surface area contributed by atoms with E-state index < -0.39 is 0 Å². The smallest absolute Gasteiger partial charge is 0.139 e. The molecule has 3 rings (SSSR count). The van der Waals surface area contributed by atoms with Crippen LogP contribution in [0.1, 0.15) is 35.6 Å². The van der Waals surface area contributed by atoms with Gasteiger partial charge >= 0.3 is 0 Å². The van der Waals surface area contributed by atoms with Gasteiger partial charge in [-0.05, 0) is 51.6 Å². The lowest BCUT2D eigenvalue weighted by atomic mass is 10.1. The summed E-state index contributed by atoms with van der Waals surface area (Å²) in [7, 11) is 2.13. The zero-order valence-corrected chi connectivity index (χ0v) is 14.0. The number of aryl methyl sites for hydroxylation is 1. The van der Waals surface area contributed by atoms with Crippen LogP contribution in [0.15, 0.2) is 43.1 Å². The van der Waals surface area contributed by atoms with E-state index in [1.165, 1.54) is 11.3 Å². The van der Waals surface area contributed by atoms with Crippen LogP contribution in [0.2, 0.25) is 0 Å². The van der Waals surface area contributed by atoms with E-state index in [2.05, 4.69) is 64.7 Å². The first kappa shape index (κ1) is 15.4. The third-order valence-corrected chi connectivity index (χ3v) is 4.33. The van der Waals surface area contributed by atoms with Crippen LogP contribution in [-0.4, -0.2) is 36.5 Å². The molecule has 1 atom stereocenters. The van der Waals surface area contributed by atoms with Crippen LogP contribution in [0.4, 0.5) is 0 Å². The number of aromatic nitrogens is 5. The van der Waals surface area contributed by atoms with Crippen molar-refractivity contribution in [1.82, 2.24) is 29.4 Å². The van der Waals surface area contributed by atoms with Crippen molar-refractivity contribution in [2.75, 3.05) is 7.05 Å². The Morgan fingerprint density at radius 3 is 2.57 bits per heavy atom. The molecule has 3 aromatic heterocycles. The normalized spacial score (nSPS) is 12.7. The van der Waals surface area contributed by atoms with E-state index in [0.717, 1.165) is 17.9 Å². The minimum atomic E-state index is 0.258. The van der Waals surface area contributed by atoms with Gasteiger partial charge in [0.25, 0.3) is 0 Å². The maximum absolute atomic E-state index is 4.46. The summed E-state index contributed by atoms with van der Waals surface area (Å²) in [5.41, 5.74) is 4.74. The van der Waals surface area contributed by atoms with Gasteiger partial charge in [0.2, 0.25) is 0 Å². The lowest BCUT2D eigenvalue weighted by Crippen LogP contribution is -2.23. The summed E-state index contributed by atoms with van der Waals surface area (Å²) in [4.78, 5) is 6.77. The molecule has 3 aromatic rings. The van der Waals surface area contributed by atoms with Gasteiger partial charge in [-0.15, -0.1) is 10.2 Å². The largest absolute Gasteiger partial charge is 0.294 e. The Bertz CT molecular complexity index is 760. The van der Waals surface area contributed by atoms with Crippen LogP contribution in [0, 0.1) is 13.8 Å². The maximum Gasteiger partial charge on any atom is 0.139 e. The predicted molar refractivity (Wildman–Crippen MR) is 88.8 cm³/mol. The Balaban J connectivity index is 1.82. The van der Waals surface area contributed by atoms with E-state index in [4.69, 9.17) is 0 Å². The average Bonchev–Trinajstić information content (AvgIpc) is 3.16. The number of rotatable bonds is 5. The molecule has 0 unspecified atom stereocenters. The molecule has 0 bridgehead atoms. The van der Waals surface area contributed by atoms with Gasteiger partial charge in [-0.1, -0.05) is 6.07 Å². The highest BCUT2D eigenvalue weighted by atomic mass is 15.5. The SMILES string of the molecule is Cc1cc(CN(C)[C@@H](C)c2ccccn2)c(C)n1-n1cnnc1. The first-order valence-electron chi connectivity index (χ1n) is 7.72. The second kappa shape index (κ2) is 6.34. The van der Waals surface area contributed by atoms with E-state index in [-0.39, 0.29) is 6.04 Å². The van der Waals surface area contributed by atoms with E-state index in [9.17, 15) is 0 Å². The van der Waals surface area contributed by atoms with E-state index in [0.29, 0.717) is 0 Å². The molecule has 3 heterocycles. The van der Waals surface area contributed by atoms with Gasteiger partial charge in [-0.25, -0.2) is 4.68 Å². The van der Waals surface area contributed by atoms with E-state index in [1.54, 1.807) is 12.7 Å². The Labute approximate surface area is 136 Å². The second-order valence-electron chi connectivity index (χ2n) is 5.90. The first-order valence-corrected chi connectivity index (χ1v) is 7.72. The molecule has 0 amide bonds. The van der Waals surface area contributed by atoms with Gasteiger partial charge in [0.05, 0.1) is 5.69 Å². The Kier molecular flexibility index (Phi) is 4.25. The summed E-state index contributed by atoms with van der Waals surface area (Å²) < 4.78 is 4.02. The molecule has 0 aliphatic carbocycles. The van der Waals surface area contributed by atoms with Crippen LogP contribution in [-0.2, 0) is 6.54 Å². The molecule has 0 radical (unpaired) electrons. The van der Waals surface area contributed by atoms with Gasteiger partial charge < -0.3 is 0 Å². The van der Waals surface area contributed by atoms with Crippen molar-refractivity contribution in [1.29, 1.82) is 0 Å². The molecule has 23 heavy (non-hydrogen) atoms. The molecule has 0 aromatic carbocycles. The molecule has 0 saturated carbocycles. The quantitative estimate of drug-likeness (QED) is 0.727. The summed E-state index contributed by atoms with van der Waals surface area (Å²) in [5.74, 6) is 0. The van der Waals surface area contributed by atoms with Crippen molar-refractivity contribution in [2.24, 2.45) is 0 Å². The van der Waals surface area contributed by atoms with E-state index in [1.807, 2.05) is 23.0 Å². The monoisotopic (exact) mass is 310 g/mol. The summed E-state index contributed by atoms with van der Waals surface area (Å²) in [6.07, 6.45) is 5.27. The van der Waals surface area contributed by atoms with Crippen molar-refractivity contribution in [2.45, 2.75) is 33.4 Å². The van der Waals surface area contributed by atoms with Gasteiger partial charge in [-0.2, -0.15) is 0 Å². The number of hydrogen-bond acceptors (Lipinski definition) is 4. The molecule has 120 valence electrons. The molecular weight excluding hydrogens is 288 g/mol. The molecular formula is C17H22N6. The summed E-state index contributed by atoms with van der Waals surface area (Å²) in [5, 5.41) is 7.78. The maximum atomic E-state index is 4.46. The van der Waals surface area contributed by atoms with E-state index >= 15 is 0 Å². The van der Waals surface area contributed by atoms with Crippen LogP contribution < -0.4 is 0 Å². The zero-order chi connectivity index (χ0) is 16.4. The average molecular weight is 310 g/mol. The Morgan fingerprint density at radius 2 is 1.91 bits per heavy atom. The number of nitrogens with zero attached hydrogens (tertiary/aromatic N) is 6. The topological polar surface area (TPSA) is 51.8 Å². The molecule has 0 N–H and O–H groups in total. The standard InChI is InChI=1S/C17H22N6/c1-13-9-16(14(2)23(13)22-11-19-20-12-22)10-21(4)15(3)17-7-5-6-8-18-17/h5-9,11-12,15H,10H2,1-4H3/t15-/m0/s1. The minimum absolute atomic E-state index is 0.258. The van der Waals surface area contributed by atoms with Gasteiger partial charge in [0, 0.05) is 30.2 Å². The predicted octanol–water partition coefficient (Wildman–Crippen LogP) is 2.60. The molecule has 6 heteroatoms. The fourth-order valence-electron chi connectivity index (χ4n) is 2.89. The fraction of sp³-hybridized carbons (Fsp3) is 0.353. The van der Waals surface area contributed by atoms with Gasteiger partial charge in [-0.3, -0.25) is 14.6 Å². The summed E-state index contributed by atoms with van der Waals surface area (Å²) >= 11 is 0. The first-order chi connectivity index (χ1) is 11.1. The lowest BCUT2D eigenvalue weighted by molar-refractivity contribution is 0.248. The van der Waals surface area contributed by atoms with Crippen molar-refractivity contribution in [3.63, 3.8) is 0 Å². The molecule has 0 saturated heterocycles. The van der Waals surface area contributed by atoms with Crippen molar-refractivity contribution >= 4 is 0 Å². The highest BCUT2D eigenvalue weighted by molar-refractivity contribution is 5.27. The minimum Gasteiger partial charge on any atom is -0.294 e. The van der Waals surface area contributed by atoms with Crippen molar-refractivity contribution < 1.29 is 0 Å². The van der Waals surface area contributed by atoms with Crippen LogP contribution in [0.5, 0.6) is 0 Å². The molecule has 0 spiro atoms. The lowest BCUT2D eigenvalue weighted by Gasteiger charge is -2.24. The third kappa shape index (κ3) is 3.03. The molecule has 0 aliphatic heterocycles.